The zero-order chi connectivity index (χ0) is 12.4. The largest absolute Gasteiger partial charge is 0.379 e. The highest BCUT2D eigenvalue weighted by atomic mass is 79.9. The minimum absolute atomic E-state index is 0.715. The fourth-order valence-electron chi connectivity index (χ4n) is 1.55. The number of benzene rings is 1. The van der Waals surface area contributed by atoms with E-state index in [9.17, 15) is 0 Å². The van der Waals surface area contributed by atoms with Gasteiger partial charge in [0, 0.05) is 4.88 Å². The lowest BCUT2D eigenvalue weighted by Crippen LogP contribution is -1.99. The molecule has 0 saturated heterocycles. The lowest BCUT2D eigenvalue weighted by molar-refractivity contribution is 1.11. The molecule has 1 aromatic heterocycles. The van der Waals surface area contributed by atoms with Gasteiger partial charge in [-0.25, -0.2) is 4.98 Å². The Morgan fingerprint density at radius 3 is 2.82 bits per heavy atom. The van der Waals surface area contributed by atoms with Crippen LogP contribution in [0.15, 0.2) is 22.7 Å². The Morgan fingerprint density at radius 1 is 1.41 bits per heavy atom. The van der Waals surface area contributed by atoms with Crippen LogP contribution in [-0.2, 0) is 6.54 Å². The summed E-state index contributed by atoms with van der Waals surface area (Å²) >= 11 is 11.2. The number of hydrogen-bond donors (Lipinski definition) is 1. The van der Waals surface area contributed by atoms with E-state index in [0.717, 1.165) is 27.4 Å². The molecule has 0 fully saturated rings. The number of rotatable bonds is 3. The van der Waals surface area contributed by atoms with E-state index in [4.69, 9.17) is 11.6 Å². The van der Waals surface area contributed by atoms with Crippen LogP contribution >= 0.6 is 38.9 Å². The van der Waals surface area contributed by atoms with Crippen LogP contribution in [0.3, 0.4) is 0 Å². The van der Waals surface area contributed by atoms with Crippen molar-refractivity contribution in [2.45, 2.75) is 20.4 Å². The third kappa shape index (κ3) is 3.00. The van der Waals surface area contributed by atoms with Gasteiger partial charge in [-0.15, -0.1) is 11.3 Å². The van der Waals surface area contributed by atoms with Crippen LogP contribution in [0.25, 0.3) is 0 Å². The molecule has 0 bridgehead atoms. The summed E-state index contributed by atoms with van der Waals surface area (Å²) in [4.78, 5) is 5.66. The van der Waals surface area contributed by atoms with Crippen LogP contribution in [0.1, 0.15) is 15.6 Å². The first-order chi connectivity index (χ1) is 8.08. The lowest BCUT2D eigenvalue weighted by Gasteiger charge is -2.08. The standard InChI is InChI=1S/C12H12BrClN2S/c1-7-11(17-8(2)16-7)6-15-10-5-3-4-9(14)12(10)13/h3-5,15H,6H2,1-2H3. The summed E-state index contributed by atoms with van der Waals surface area (Å²) in [5.41, 5.74) is 2.10. The van der Waals surface area contributed by atoms with Crippen molar-refractivity contribution in [2.24, 2.45) is 0 Å². The second kappa shape index (κ2) is 5.38. The van der Waals surface area contributed by atoms with Crippen molar-refractivity contribution in [3.63, 3.8) is 0 Å². The van der Waals surface area contributed by atoms with E-state index in [0.29, 0.717) is 5.02 Å². The van der Waals surface area contributed by atoms with Gasteiger partial charge < -0.3 is 5.32 Å². The molecule has 2 rings (SSSR count). The molecule has 0 spiro atoms. The number of hydrogen-bond acceptors (Lipinski definition) is 3. The molecule has 90 valence electrons. The number of aromatic nitrogens is 1. The van der Waals surface area contributed by atoms with Gasteiger partial charge in [0.05, 0.1) is 32.4 Å². The Bertz CT molecular complexity index is 539. The van der Waals surface area contributed by atoms with E-state index >= 15 is 0 Å². The summed E-state index contributed by atoms with van der Waals surface area (Å²) in [6, 6.07) is 5.79. The predicted octanol–water partition coefficient (Wildman–Crippen LogP) is 4.79. The molecule has 0 unspecified atom stereocenters. The van der Waals surface area contributed by atoms with Crippen LogP contribution in [-0.4, -0.2) is 4.98 Å². The van der Waals surface area contributed by atoms with Crippen molar-refractivity contribution in [3.05, 3.63) is 43.3 Å². The van der Waals surface area contributed by atoms with Crippen molar-refractivity contribution in [1.82, 2.24) is 4.98 Å². The fourth-order valence-corrected chi connectivity index (χ4v) is 3.01. The van der Waals surface area contributed by atoms with Crippen LogP contribution < -0.4 is 5.32 Å². The van der Waals surface area contributed by atoms with Gasteiger partial charge in [-0.3, -0.25) is 0 Å². The maximum atomic E-state index is 6.03. The van der Waals surface area contributed by atoms with Gasteiger partial charge in [-0.05, 0) is 41.9 Å². The maximum Gasteiger partial charge on any atom is 0.0900 e. The summed E-state index contributed by atoms with van der Waals surface area (Å²) in [7, 11) is 0. The van der Waals surface area contributed by atoms with E-state index in [1.54, 1.807) is 11.3 Å². The van der Waals surface area contributed by atoms with Gasteiger partial charge in [0.1, 0.15) is 0 Å². The zero-order valence-corrected chi connectivity index (χ0v) is 12.7. The number of aryl methyl sites for hydroxylation is 2. The first-order valence-electron chi connectivity index (χ1n) is 5.18. The fraction of sp³-hybridized carbons (Fsp3) is 0.250. The normalized spacial score (nSPS) is 10.6. The average molecular weight is 332 g/mol. The van der Waals surface area contributed by atoms with E-state index in [-0.39, 0.29) is 0 Å². The Kier molecular flexibility index (Phi) is 4.07. The minimum Gasteiger partial charge on any atom is -0.379 e. The van der Waals surface area contributed by atoms with Gasteiger partial charge in [-0.1, -0.05) is 17.7 Å². The molecule has 0 aliphatic carbocycles. The Morgan fingerprint density at radius 2 is 2.18 bits per heavy atom. The number of halogens is 2. The number of nitrogens with one attached hydrogen (secondary N) is 1. The quantitative estimate of drug-likeness (QED) is 0.875. The molecule has 0 aliphatic rings. The van der Waals surface area contributed by atoms with Crippen molar-refractivity contribution < 1.29 is 0 Å². The van der Waals surface area contributed by atoms with E-state index in [1.165, 1.54) is 4.88 Å². The number of thiazole rings is 1. The SMILES string of the molecule is Cc1nc(C)c(CNc2cccc(Cl)c2Br)s1. The molecule has 0 atom stereocenters. The molecular weight excluding hydrogens is 320 g/mol. The first-order valence-corrected chi connectivity index (χ1v) is 7.17. The number of anilines is 1. The van der Waals surface area contributed by atoms with Crippen LogP contribution in [0.2, 0.25) is 5.02 Å². The van der Waals surface area contributed by atoms with Gasteiger partial charge in [0.25, 0.3) is 0 Å². The van der Waals surface area contributed by atoms with Crippen LogP contribution in [0.4, 0.5) is 5.69 Å². The third-order valence-electron chi connectivity index (χ3n) is 2.39. The average Bonchev–Trinajstić information content (AvgIpc) is 2.60. The van der Waals surface area contributed by atoms with Crippen molar-refractivity contribution in [2.75, 3.05) is 5.32 Å². The highest BCUT2D eigenvalue weighted by Gasteiger charge is 2.07. The highest BCUT2D eigenvalue weighted by Crippen LogP contribution is 2.30. The first kappa shape index (κ1) is 12.9. The second-order valence-electron chi connectivity index (χ2n) is 3.70. The smallest absolute Gasteiger partial charge is 0.0900 e. The predicted molar refractivity (Wildman–Crippen MR) is 78.1 cm³/mol. The third-order valence-corrected chi connectivity index (χ3v) is 4.86. The van der Waals surface area contributed by atoms with Crippen molar-refractivity contribution in [1.29, 1.82) is 0 Å². The summed E-state index contributed by atoms with van der Waals surface area (Å²) in [6.45, 7) is 4.83. The molecule has 0 radical (unpaired) electrons. The summed E-state index contributed by atoms with van der Waals surface area (Å²) < 4.78 is 0.903. The van der Waals surface area contributed by atoms with Gasteiger partial charge in [0.15, 0.2) is 0 Å². The molecule has 2 aromatic rings. The topological polar surface area (TPSA) is 24.9 Å². The summed E-state index contributed by atoms with van der Waals surface area (Å²) in [5.74, 6) is 0. The Balaban J connectivity index is 2.12. The molecule has 1 aromatic carbocycles. The highest BCUT2D eigenvalue weighted by molar-refractivity contribution is 9.10. The minimum atomic E-state index is 0.715. The molecule has 1 N–H and O–H groups in total. The van der Waals surface area contributed by atoms with E-state index in [1.807, 2.05) is 32.0 Å². The number of nitrogens with zero attached hydrogens (tertiary/aromatic N) is 1. The van der Waals surface area contributed by atoms with E-state index < -0.39 is 0 Å². The molecule has 0 aliphatic heterocycles. The maximum absolute atomic E-state index is 6.03. The van der Waals surface area contributed by atoms with Gasteiger partial charge in [0.2, 0.25) is 0 Å². The summed E-state index contributed by atoms with van der Waals surface area (Å²) in [5, 5.41) is 5.18. The molecule has 0 saturated carbocycles. The van der Waals surface area contributed by atoms with Gasteiger partial charge in [-0.2, -0.15) is 0 Å². The molecule has 1 heterocycles. The molecule has 17 heavy (non-hydrogen) atoms. The van der Waals surface area contributed by atoms with Gasteiger partial charge >= 0.3 is 0 Å². The second-order valence-corrected chi connectivity index (χ2v) is 6.18. The molecule has 2 nitrogen and oxygen atoms in total. The Labute approximate surface area is 118 Å². The Hall–Kier alpha value is -0.580. The zero-order valence-electron chi connectivity index (χ0n) is 9.55. The van der Waals surface area contributed by atoms with Crippen LogP contribution in [0.5, 0.6) is 0 Å². The van der Waals surface area contributed by atoms with Crippen LogP contribution in [0, 0.1) is 13.8 Å². The molecule has 5 heteroatoms. The summed E-state index contributed by atoms with van der Waals surface area (Å²) in [6.07, 6.45) is 0. The van der Waals surface area contributed by atoms with E-state index in [2.05, 4.69) is 26.2 Å². The van der Waals surface area contributed by atoms with Crippen molar-refractivity contribution >= 4 is 44.6 Å². The monoisotopic (exact) mass is 330 g/mol. The molecule has 0 amide bonds. The van der Waals surface area contributed by atoms with Crippen molar-refractivity contribution in [3.8, 4) is 0 Å². The lowest BCUT2D eigenvalue weighted by atomic mass is 10.3. The molecular formula is C12H12BrClN2S.